The zero-order valence-corrected chi connectivity index (χ0v) is 9.54. The van der Waals surface area contributed by atoms with Crippen molar-refractivity contribution in [2.24, 2.45) is 0 Å². The Morgan fingerprint density at radius 3 is 3.00 bits per heavy atom. The highest BCUT2D eigenvalue weighted by atomic mass is 32.1. The van der Waals surface area contributed by atoms with Gasteiger partial charge >= 0.3 is 0 Å². The molecule has 0 radical (unpaired) electrons. The molecule has 0 saturated heterocycles. The van der Waals surface area contributed by atoms with Crippen LogP contribution in [0.5, 0.6) is 0 Å². The van der Waals surface area contributed by atoms with E-state index in [2.05, 4.69) is 27.7 Å². The quantitative estimate of drug-likeness (QED) is 0.771. The number of nitrogens with zero attached hydrogens (tertiary/aromatic N) is 1. The molecule has 0 spiro atoms. The molecule has 4 heteroatoms. The topological polar surface area (TPSA) is 15.3 Å². The highest BCUT2D eigenvalue weighted by molar-refractivity contribution is 7.80. The molecule has 0 aromatic carbocycles. The normalized spacial score (nSPS) is 9.69. The summed E-state index contributed by atoms with van der Waals surface area (Å²) in [6, 6.07) is 4.23. The zero-order valence-electron chi connectivity index (χ0n) is 7.91. The van der Waals surface area contributed by atoms with Crippen molar-refractivity contribution >= 4 is 28.7 Å². The van der Waals surface area contributed by atoms with E-state index in [0.29, 0.717) is 0 Å². The van der Waals surface area contributed by atoms with Gasteiger partial charge in [0.2, 0.25) is 0 Å². The van der Waals surface area contributed by atoms with Crippen LogP contribution in [-0.4, -0.2) is 30.7 Å². The Morgan fingerprint density at radius 1 is 1.69 bits per heavy atom. The van der Waals surface area contributed by atoms with Gasteiger partial charge < -0.3 is 10.2 Å². The van der Waals surface area contributed by atoms with Crippen LogP contribution in [0.1, 0.15) is 4.88 Å². The Morgan fingerprint density at radius 2 is 2.46 bits per heavy atom. The van der Waals surface area contributed by atoms with E-state index in [1.165, 1.54) is 4.88 Å². The molecule has 72 valence electrons. The van der Waals surface area contributed by atoms with E-state index < -0.39 is 0 Å². The van der Waals surface area contributed by atoms with Crippen molar-refractivity contribution in [3.05, 3.63) is 22.4 Å². The number of hydrogen-bond donors (Lipinski definition) is 1. The van der Waals surface area contributed by atoms with Gasteiger partial charge in [0.25, 0.3) is 0 Å². The molecule has 1 N–H and O–H groups in total. The lowest BCUT2D eigenvalue weighted by molar-refractivity contribution is 0.504. The maximum absolute atomic E-state index is 5.09. The Kier molecular flexibility index (Phi) is 4.18. The van der Waals surface area contributed by atoms with Crippen molar-refractivity contribution in [1.82, 2.24) is 10.2 Å². The summed E-state index contributed by atoms with van der Waals surface area (Å²) < 4.78 is 0. The first-order valence-electron chi connectivity index (χ1n) is 4.19. The molecule has 1 rings (SSSR count). The second-order valence-corrected chi connectivity index (χ2v) is 4.23. The van der Waals surface area contributed by atoms with E-state index in [-0.39, 0.29) is 0 Å². The third-order valence-electron chi connectivity index (χ3n) is 1.83. The summed E-state index contributed by atoms with van der Waals surface area (Å²) in [6.07, 6.45) is 1.07. The number of thiocarbonyl (C=S) groups is 1. The lowest BCUT2D eigenvalue weighted by Gasteiger charge is -2.18. The maximum Gasteiger partial charge on any atom is 0.168 e. The van der Waals surface area contributed by atoms with Crippen LogP contribution >= 0.6 is 23.6 Å². The van der Waals surface area contributed by atoms with Gasteiger partial charge in [0.15, 0.2) is 5.11 Å². The second-order valence-electron chi connectivity index (χ2n) is 2.81. The first-order valence-corrected chi connectivity index (χ1v) is 5.48. The summed E-state index contributed by atoms with van der Waals surface area (Å²) in [5.74, 6) is 0. The van der Waals surface area contributed by atoms with Gasteiger partial charge in [-0.3, -0.25) is 0 Å². The van der Waals surface area contributed by atoms with Crippen LogP contribution in [0, 0.1) is 0 Å². The van der Waals surface area contributed by atoms with Gasteiger partial charge in [-0.25, -0.2) is 0 Å². The fourth-order valence-electron chi connectivity index (χ4n) is 1.03. The third-order valence-corrected chi connectivity index (χ3v) is 3.29. The summed E-state index contributed by atoms with van der Waals surface area (Å²) in [5.41, 5.74) is 0. The molecule has 0 fully saturated rings. The van der Waals surface area contributed by atoms with Crippen LogP contribution in [0.2, 0.25) is 0 Å². The van der Waals surface area contributed by atoms with Crippen LogP contribution in [-0.2, 0) is 6.42 Å². The molecule has 2 nitrogen and oxygen atoms in total. The Labute approximate surface area is 88.6 Å². The van der Waals surface area contributed by atoms with E-state index in [0.717, 1.165) is 18.1 Å². The summed E-state index contributed by atoms with van der Waals surface area (Å²) in [7, 11) is 3.86. The average Bonchev–Trinajstić information content (AvgIpc) is 2.65. The van der Waals surface area contributed by atoms with Gasteiger partial charge in [-0.1, -0.05) is 6.07 Å². The highest BCUT2D eigenvalue weighted by Crippen LogP contribution is 2.09. The Hall–Kier alpha value is -0.610. The van der Waals surface area contributed by atoms with Crippen molar-refractivity contribution < 1.29 is 0 Å². The number of likely N-dealkylation sites (N-methyl/N-ethyl adjacent to an activating group) is 1. The standard InChI is InChI=1S/C9H14N2S2/c1-10-9(12)11(2)6-5-8-4-3-7-13-8/h3-4,7H,5-6H2,1-2H3,(H,10,12). The molecule has 0 aliphatic heterocycles. The van der Waals surface area contributed by atoms with Crippen LogP contribution in [0.3, 0.4) is 0 Å². The number of thiophene rings is 1. The number of hydrogen-bond acceptors (Lipinski definition) is 2. The summed E-state index contributed by atoms with van der Waals surface area (Å²) in [5, 5.41) is 5.86. The number of nitrogens with one attached hydrogen (secondary N) is 1. The van der Waals surface area contributed by atoms with Crippen LogP contribution in [0.25, 0.3) is 0 Å². The molecule has 0 aliphatic carbocycles. The highest BCUT2D eigenvalue weighted by Gasteiger charge is 2.01. The molecule has 0 amide bonds. The molecule has 0 saturated carbocycles. The molecule has 0 aliphatic rings. The Balaban J connectivity index is 2.30. The van der Waals surface area contributed by atoms with E-state index in [4.69, 9.17) is 12.2 Å². The lowest BCUT2D eigenvalue weighted by Crippen LogP contribution is -2.35. The second kappa shape index (κ2) is 5.19. The van der Waals surface area contributed by atoms with Crippen LogP contribution in [0.4, 0.5) is 0 Å². The third kappa shape index (κ3) is 3.32. The summed E-state index contributed by atoms with van der Waals surface area (Å²) in [4.78, 5) is 3.46. The summed E-state index contributed by atoms with van der Waals surface area (Å²) in [6.45, 7) is 0.972. The van der Waals surface area contributed by atoms with Gasteiger partial charge in [0, 0.05) is 25.5 Å². The molecule has 1 aromatic heterocycles. The smallest absolute Gasteiger partial charge is 0.168 e. The molecule has 0 atom stereocenters. The molecule has 1 aromatic rings. The van der Waals surface area contributed by atoms with Crippen molar-refractivity contribution in [3.8, 4) is 0 Å². The molecular weight excluding hydrogens is 200 g/mol. The monoisotopic (exact) mass is 214 g/mol. The summed E-state index contributed by atoms with van der Waals surface area (Å²) >= 11 is 6.88. The molecule has 13 heavy (non-hydrogen) atoms. The minimum Gasteiger partial charge on any atom is -0.366 e. The van der Waals surface area contributed by atoms with Crippen LogP contribution < -0.4 is 5.32 Å². The van der Waals surface area contributed by atoms with E-state index in [1.54, 1.807) is 11.3 Å². The minimum atomic E-state index is 0.802. The van der Waals surface area contributed by atoms with Gasteiger partial charge in [-0.15, -0.1) is 11.3 Å². The van der Waals surface area contributed by atoms with Crippen LogP contribution in [0.15, 0.2) is 17.5 Å². The first kappa shape index (κ1) is 10.5. The SMILES string of the molecule is CNC(=S)N(C)CCc1cccs1. The molecular formula is C9H14N2S2. The maximum atomic E-state index is 5.09. The number of rotatable bonds is 3. The predicted molar refractivity (Wildman–Crippen MR) is 62.3 cm³/mol. The lowest BCUT2D eigenvalue weighted by atomic mass is 10.3. The van der Waals surface area contributed by atoms with Gasteiger partial charge in [-0.05, 0) is 30.1 Å². The van der Waals surface area contributed by atoms with E-state index in [9.17, 15) is 0 Å². The predicted octanol–water partition coefficient (Wildman–Crippen LogP) is 1.73. The first-order chi connectivity index (χ1) is 6.24. The fourth-order valence-corrected chi connectivity index (χ4v) is 1.81. The van der Waals surface area contributed by atoms with E-state index >= 15 is 0 Å². The van der Waals surface area contributed by atoms with Crippen molar-refractivity contribution in [3.63, 3.8) is 0 Å². The Bertz CT molecular complexity index is 257. The van der Waals surface area contributed by atoms with Gasteiger partial charge in [-0.2, -0.15) is 0 Å². The minimum absolute atomic E-state index is 0.802. The molecule has 0 bridgehead atoms. The largest absolute Gasteiger partial charge is 0.366 e. The average molecular weight is 214 g/mol. The van der Waals surface area contributed by atoms with Crippen molar-refractivity contribution in [2.45, 2.75) is 6.42 Å². The van der Waals surface area contributed by atoms with Gasteiger partial charge in [0.05, 0.1) is 0 Å². The fraction of sp³-hybridized carbons (Fsp3) is 0.444. The molecule has 1 heterocycles. The van der Waals surface area contributed by atoms with E-state index in [1.807, 2.05) is 14.1 Å². The molecule has 0 unspecified atom stereocenters. The zero-order chi connectivity index (χ0) is 9.68. The van der Waals surface area contributed by atoms with Gasteiger partial charge in [0.1, 0.15) is 0 Å². The van der Waals surface area contributed by atoms with Crippen molar-refractivity contribution in [1.29, 1.82) is 0 Å². The van der Waals surface area contributed by atoms with Crippen molar-refractivity contribution in [2.75, 3.05) is 20.6 Å².